The zero-order chi connectivity index (χ0) is 10.9. The predicted molar refractivity (Wildman–Crippen MR) is 47.6 cm³/mol. The predicted octanol–water partition coefficient (Wildman–Crippen LogP) is -0.103. The average molecular weight is 199 g/mol. The number of aliphatic carboxylic acids is 1. The maximum absolute atomic E-state index is 11.3. The van der Waals surface area contributed by atoms with Crippen LogP contribution in [-0.4, -0.2) is 40.3 Å². The molecule has 0 aromatic carbocycles. The van der Waals surface area contributed by atoms with Crippen LogP contribution in [0.15, 0.2) is 0 Å². The molecule has 1 fully saturated rings. The first-order valence-electron chi connectivity index (χ1n) is 4.51. The van der Waals surface area contributed by atoms with Crippen LogP contribution in [0.25, 0.3) is 0 Å². The molecular formula is C9H13NO4. The summed E-state index contributed by atoms with van der Waals surface area (Å²) >= 11 is 0. The van der Waals surface area contributed by atoms with E-state index in [1.165, 1.54) is 4.90 Å². The summed E-state index contributed by atoms with van der Waals surface area (Å²) in [5.74, 6) is -3.59. The molecule has 1 heterocycles. The minimum absolute atomic E-state index is 0.0409. The van der Waals surface area contributed by atoms with E-state index in [4.69, 9.17) is 5.11 Å². The van der Waals surface area contributed by atoms with Gasteiger partial charge in [-0.1, -0.05) is 6.92 Å². The van der Waals surface area contributed by atoms with Gasteiger partial charge in [0, 0.05) is 12.6 Å². The molecule has 1 rings (SSSR count). The van der Waals surface area contributed by atoms with E-state index >= 15 is 0 Å². The largest absolute Gasteiger partial charge is 0.475 e. The van der Waals surface area contributed by atoms with Crippen LogP contribution in [0.3, 0.4) is 0 Å². The van der Waals surface area contributed by atoms with E-state index in [-0.39, 0.29) is 6.04 Å². The highest BCUT2D eigenvalue weighted by Gasteiger charge is 2.35. The number of carboxylic acids is 1. The highest BCUT2D eigenvalue weighted by Crippen LogP contribution is 2.22. The van der Waals surface area contributed by atoms with Crippen molar-refractivity contribution in [2.24, 2.45) is 5.92 Å². The smallest absolute Gasteiger partial charge is 0.382 e. The Morgan fingerprint density at radius 3 is 2.21 bits per heavy atom. The Labute approximate surface area is 81.7 Å². The Bertz CT molecular complexity index is 287. The number of ketones is 1. The van der Waals surface area contributed by atoms with Crippen molar-refractivity contribution < 1.29 is 19.5 Å². The zero-order valence-electron chi connectivity index (χ0n) is 8.19. The van der Waals surface area contributed by atoms with Crippen LogP contribution in [0.5, 0.6) is 0 Å². The van der Waals surface area contributed by atoms with Crippen LogP contribution >= 0.6 is 0 Å². The van der Waals surface area contributed by atoms with Crippen LogP contribution < -0.4 is 0 Å². The van der Waals surface area contributed by atoms with Crippen molar-refractivity contribution in [1.29, 1.82) is 0 Å². The van der Waals surface area contributed by atoms with Gasteiger partial charge in [0.2, 0.25) is 0 Å². The molecular weight excluding hydrogens is 186 g/mol. The average Bonchev–Trinajstić information content (AvgIpc) is 2.42. The number of amides is 1. The summed E-state index contributed by atoms with van der Waals surface area (Å²) < 4.78 is 0. The van der Waals surface area contributed by atoms with E-state index in [0.29, 0.717) is 12.5 Å². The molecule has 14 heavy (non-hydrogen) atoms. The summed E-state index contributed by atoms with van der Waals surface area (Å²) in [5, 5.41) is 8.37. The van der Waals surface area contributed by atoms with Gasteiger partial charge in [-0.3, -0.25) is 9.59 Å². The van der Waals surface area contributed by atoms with Gasteiger partial charge in [0.05, 0.1) is 0 Å². The molecule has 0 aromatic rings. The van der Waals surface area contributed by atoms with E-state index in [0.717, 1.165) is 6.42 Å². The fourth-order valence-corrected chi connectivity index (χ4v) is 1.80. The Morgan fingerprint density at radius 2 is 1.86 bits per heavy atom. The SMILES string of the molecule is CC1CC(C)N(C(=O)C(=O)C(=O)O)C1. The fourth-order valence-electron chi connectivity index (χ4n) is 1.80. The molecule has 0 saturated carbocycles. The minimum atomic E-state index is -1.68. The third-order valence-corrected chi connectivity index (χ3v) is 2.43. The van der Waals surface area contributed by atoms with E-state index in [2.05, 4.69) is 0 Å². The van der Waals surface area contributed by atoms with Crippen molar-refractivity contribution >= 4 is 17.7 Å². The molecule has 2 unspecified atom stereocenters. The molecule has 1 saturated heterocycles. The zero-order valence-corrected chi connectivity index (χ0v) is 8.19. The summed E-state index contributed by atoms with van der Waals surface area (Å²) in [6.45, 7) is 4.25. The summed E-state index contributed by atoms with van der Waals surface area (Å²) in [6.07, 6.45) is 0.818. The summed E-state index contributed by atoms with van der Waals surface area (Å²) in [5.41, 5.74) is 0. The van der Waals surface area contributed by atoms with Gasteiger partial charge in [-0.05, 0) is 19.3 Å². The van der Waals surface area contributed by atoms with E-state index in [9.17, 15) is 14.4 Å². The van der Waals surface area contributed by atoms with E-state index < -0.39 is 17.7 Å². The lowest BCUT2D eigenvalue weighted by Crippen LogP contribution is -2.41. The Balaban J connectivity index is 2.71. The van der Waals surface area contributed by atoms with Crippen molar-refractivity contribution in [3.8, 4) is 0 Å². The third-order valence-electron chi connectivity index (χ3n) is 2.43. The molecule has 1 aliphatic heterocycles. The number of hydrogen-bond acceptors (Lipinski definition) is 3. The number of Topliss-reactive ketones (excluding diaryl/α,β-unsaturated/α-hetero) is 1. The van der Waals surface area contributed by atoms with Crippen LogP contribution in [0.1, 0.15) is 20.3 Å². The Kier molecular flexibility index (Phi) is 2.88. The number of carbonyl (C=O) groups excluding carboxylic acids is 2. The highest BCUT2D eigenvalue weighted by molar-refractivity contribution is 6.61. The Morgan fingerprint density at radius 1 is 1.29 bits per heavy atom. The second-order valence-electron chi connectivity index (χ2n) is 3.78. The van der Waals surface area contributed by atoms with Crippen molar-refractivity contribution in [3.63, 3.8) is 0 Å². The van der Waals surface area contributed by atoms with Gasteiger partial charge in [0.25, 0.3) is 0 Å². The normalized spacial score (nSPS) is 26.3. The van der Waals surface area contributed by atoms with Gasteiger partial charge >= 0.3 is 17.7 Å². The van der Waals surface area contributed by atoms with Gasteiger partial charge in [-0.25, -0.2) is 4.79 Å². The molecule has 5 nitrogen and oxygen atoms in total. The number of nitrogens with zero attached hydrogens (tertiary/aromatic N) is 1. The summed E-state index contributed by atoms with van der Waals surface area (Å²) in [4.78, 5) is 33.9. The molecule has 0 aromatic heterocycles. The maximum atomic E-state index is 11.3. The first kappa shape index (κ1) is 10.7. The summed E-state index contributed by atoms with van der Waals surface area (Å²) in [7, 11) is 0. The van der Waals surface area contributed by atoms with Crippen LogP contribution in [0.2, 0.25) is 0 Å². The van der Waals surface area contributed by atoms with Crippen molar-refractivity contribution in [1.82, 2.24) is 4.90 Å². The molecule has 1 amide bonds. The molecule has 0 aliphatic carbocycles. The maximum Gasteiger partial charge on any atom is 0.382 e. The lowest BCUT2D eigenvalue weighted by atomic mass is 10.1. The lowest BCUT2D eigenvalue weighted by molar-refractivity contribution is -0.156. The van der Waals surface area contributed by atoms with Gasteiger partial charge in [0.1, 0.15) is 0 Å². The van der Waals surface area contributed by atoms with Crippen molar-refractivity contribution in [2.45, 2.75) is 26.3 Å². The van der Waals surface area contributed by atoms with Crippen LogP contribution in [0, 0.1) is 5.92 Å². The summed E-state index contributed by atoms with van der Waals surface area (Å²) in [6, 6.07) is -0.0409. The molecule has 0 bridgehead atoms. The molecule has 2 atom stereocenters. The van der Waals surface area contributed by atoms with Crippen LogP contribution in [-0.2, 0) is 14.4 Å². The lowest BCUT2D eigenvalue weighted by Gasteiger charge is -2.19. The molecule has 0 radical (unpaired) electrons. The van der Waals surface area contributed by atoms with Gasteiger partial charge in [-0.2, -0.15) is 0 Å². The second-order valence-corrected chi connectivity index (χ2v) is 3.78. The first-order chi connectivity index (χ1) is 6.43. The molecule has 0 spiro atoms. The van der Waals surface area contributed by atoms with E-state index in [1.807, 2.05) is 13.8 Å². The number of carboxylic acid groups (broad SMARTS) is 1. The number of carbonyl (C=O) groups is 3. The molecule has 1 N–H and O–H groups in total. The standard InChI is InChI=1S/C9H13NO4/c1-5-3-6(2)10(4-5)8(12)7(11)9(13)14/h5-6H,3-4H2,1-2H3,(H,13,14). The highest BCUT2D eigenvalue weighted by atomic mass is 16.4. The van der Waals surface area contributed by atoms with Gasteiger partial charge in [0.15, 0.2) is 0 Å². The fraction of sp³-hybridized carbons (Fsp3) is 0.667. The van der Waals surface area contributed by atoms with Gasteiger partial charge in [-0.15, -0.1) is 0 Å². The van der Waals surface area contributed by atoms with E-state index in [1.54, 1.807) is 0 Å². The van der Waals surface area contributed by atoms with Crippen molar-refractivity contribution in [2.75, 3.05) is 6.54 Å². The van der Waals surface area contributed by atoms with Crippen molar-refractivity contribution in [3.05, 3.63) is 0 Å². The van der Waals surface area contributed by atoms with Gasteiger partial charge < -0.3 is 10.0 Å². The molecule has 5 heteroatoms. The minimum Gasteiger partial charge on any atom is -0.475 e. The molecule has 1 aliphatic rings. The number of hydrogen-bond donors (Lipinski definition) is 1. The van der Waals surface area contributed by atoms with Crippen LogP contribution in [0.4, 0.5) is 0 Å². The third kappa shape index (κ3) is 1.92. The quantitative estimate of drug-likeness (QED) is 0.497. The monoisotopic (exact) mass is 199 g/mol. The number of likely N-dealkylation sites (tertiary alicyclic amines) is 1. The topological polar surface area (TPSA) is 74.7 Å². The second kappa shape index (κ2) is 3.77. The first-order valence-corrected chi connectivity index (χ1v) is 4.51. The number of rotatable bonds is 2. The molecule has 78 valence electrons. The Hall–Kier alpha value is -1.39.